The van der Waals surface area contributed by atoms with E-state index in [0.717, 1.165) is 25.9 Å². The van der Waals surface area contributed by atoms with Crippen LogP contribution < -0.4 is 5.73 Å². The minimum absolute atomic E-state index is 0. The normalized spacial score (nSPS) is 19.7. The van der Waals surface area contributed by atoms with Gasteiger partial charge >= 0.3 is 11.9 Å². The van der Waals surface area contributed by atoms with Gasteiger partial charge in [-0.05, 0) is 32.3 Å². The summed E-state index contributed by atoms with van der Waals surface area (Å²) in [4.78, 5) is 20.7. The number of piperidine rings is 1. The lowest BCUT2D eigenvalue weighted by Crippen LogP contribution is -2.52. The van der Waals surface area contributed by atoms with Gasteiger partial charge in [0.25, 0.3) is 0 Å². The molecule has 6 N–H and O–H groups in total. The summed E-state index contributed by atoms with van der Waals surface area (Å²) in [7, 11) is 0. The topological polar surface area (TPSA) is 135 Å². The number of hydrogen-bond acceptors (Lipinski definition) is 4. The molecule has 1 aliphatic rings. The van der Waals surface area contributed by atoms with E-state index < -0.39 is 11.9 Å². The van der Waals surface area contributed by atoms with Crippen LogP contribution in [0.5, 0.6) is 0 Å². The van der Waals surface area contributed by atoms with Crippen molar-refractivity contribution < 1.29 is 25.3 Å². The first-order chi connectivity index (χ1) is 10.2. The molecule has 0 radical (unpaired) electrons. The van der Waals surface area contributed by atoms with Crippen LogP contribution in [0.3, 0.4) is 0 Å². The molecule has 23 heavy (non-hydrogen) atoms. The zero-order valence-corrected chi connectivity index (χ0v) is 13.5. The lowest BCUT2D eigenvalue weighted by atomic mass is 9.87. The second-order valence-electron chi connectivity index (χ2n) is 6.08. The number of carbonyl (C=O) groups is 2. The predicted octanol–water partition coefficient (Wildman–Crippen LogP) is 0.719. The molecule has 1 saturated heterocycles. The number of hydrogen-bond donors (Lipinski definition) is 3. The van der Waals surface area contributed by atoms with E-state index in [9.17, 15) is 0 Å². The van der Waals surface area contributed by atoms with Gasteiger partial charge in [-0.15, -0.1) is 0 Å². The Kier molecular flexibility index (Phi) is 8.45. The number of nitrogens with zero attached hydrogens (tertiary/aromatic N) is 1. The van der Waals surface area contributed by atoms with Gasteiger partial charge in [0.15, 0.2) is 0 Å². The molecular formula is C16H26N2O5. The van der Waals surface area contributed by atoms with Crippen molar-refractivity contribution in [2.45, 2.75) is 44.8 Å². The standard InChI is InChI=1S/C14H22N2.C2H2O4.H2O/c1-14(2)10-13(15)8-9-16(14)11-12-6-4-3-5-7-12;3-1(4)2(5)6;/h3-7,13H,8-11,15H2,1-2H3;(H,3,4)(H,5,6);1H2. The third kappa shape index (κ3) is 7.23. The summed E-state index contributed by atoms with van der Waals surface area (Å²) in [6.45, 7) is 6.76. The lowest BCUT2D eigenvalue weighted by molar-refractivity contribution is -0.159. The molecule has 0 aromatic heterocycles. The summed E-state index contributed by atoms with van der Waals surface area (Å²) in [5.74, 6) is -3.65. The van der Waals surface area contributed by atoms with Crippen LogP contribution in [0, 0.1) is 0 Å². The fourth-order valence-electron chi connectivity index (χ4n) is 2.59. The number of aliphatic carboxylic acids is 2. The van der Waals surface area contributed by atoms with E-state index in [1.807, 2.05) is 0 Å². The van der Waals surface area contributed by atoms with E-state index in [0.29, 0.717) is 6.04 Å². The van der Waals surface area contributed by atoms with Crippen molar-refractivity contribution in [2.24, 2.45) is 5.73 Å². The molecule has 0 aliphatic carbocycles. The molecule has 0 bridgehead atoms. The molecule has 7 nitrogen and oxygen atoms in total. The highest BCUT2D eigenvalue weighted by Crippen LogP contribution is 2.28. The fraction of sp³-hybridized carbons (Fsp3) is 0.500. The van der Waals surface area contributed by atoms with Crippen molar-refractivity contribution in [3.05, 3.63) is 35.9 Å². The average Bonchev–Trinajstić information content (AvgIpc) is 2.43. The van der Waals surface area contributed by atoms with E-state index in [4.69, 9.17) is 25.5 Å². The summed E-state index contributed by atoms with van der Waals surface area (Å²) in [6.07, 6.45) is 2.22. The van der Waals surface area contributed by atoms with E-state index in [-0.39, 0.29) is 11.0 Å². The summed E-state index contributed by atoms with van der Waals surface area (Å²) < 4.78 is 0. The molecule has 130 valence electrons. The molecule has 0 saturated carbocycles. The van der Waals surface area contributed by atoms with Crippen LogP contribution in [-0.4, -0.2) is 50.7 Å². The van der Waals surface area contributed by atoms with Crippen LogP contribution in [-0.2, 0) is 16.1 Å². The smallest absolute Gasteiger partial charge is 0.414 e. The van der Waals surface area contributed by atoms with Gasteiger partial charge < -0.3 is 21.4 Å². The molecule has 7 heteroatoms. The molecule has 1 aliphatic heterocycles. The molecule has 0 amide bonds. The van der Waals surface area contributed by atoms with Gasteiger partial charge in [-0.2, -0.15) is 0 Å². The van der Waals surface area contributed by atoms with Crippen molar-refractivity contribution in [3.8, 4) is 0 Å². The Labute approximate surface area is 136 Å². The highest BCUT2D eigenvalue weighted by Gasteiger charge is 2.32. The molecule has 0 spiro atoms. The Bertz CT molecular complexity index is 492. The largest absolute Gasteiger partial charge is 0.473 e. The monoisotopic (exact) mass is 326 g/mol. The maximum atomic E-state index is 9.10. The second-order valence-corrected chi connectivity index (χ2v) is 6.08. The van der Waals surface area contributed by atoms with Crippen molar-refractivity contribution in [1.82, 2.24) is 4.90 Å². The summed E-state index contributed by atoms with van der Waals surface area (Å²) in [5, 5.41) is 14.8. The van der Waals surface area contributed by atoms with Crippen LogP contribution in [0.15, 0.2) is 30.3 Å². The Balaban J connectivity index is 0.000000599. The molecular weight excluding hydrogens is 300 g/mol. The second kappa shape index (κ2) is 9.24. The zero-order chi connectivity index (χ0) is 16.8. The van der Waals surface area contributed by atoms with Crippen molar-refractivity contribution in [1.29, 1.82) is 0 Å². The maximum absolute atomic E-state index is 9.10. The first-order valence-electron chi connectivity index (χ1n) is 7.23. The molecule has 1 aromatic rings. The van der Waals surface area contributed by atoms with Gasteiger partial charge in [0, 0.05) is 24.7 Å². The number of carboxylic acid groups (broad SMARTS) is 2. The zero-order valence-electron chi connectivity index (χ0n) is 13.5. The number of likely N-dealkylation sites (tertiary alicyclic amines) is 1. The molecule has 1 unspecified atom stereocenters. The van der Waals surface area contributed by atoms with E-state index in [1.165, 1.54) is 5.56 Å². The SMILES string of the molecule is CC1(C)CC(N)CCN1Cc1ccccc1.O.O=C(O)C(=O)O. The van der Waals surface area contributed by atoms with Crippen LogP contribution in [0.1, 0.15) is 32.3 Å². The highest BCUT2D eigenvalue weighted by molar-refractivity contribution is 6.27. The number of nitrogens with two attached hydrogens (primary N) is 1. The third-order valence-corrected chi connectivity index (χ3v) is 3.79. The fourth-order valence-corrected chi connectivity index (χ4v) is 2.59. The summed E-state index contributed by atoms with van der Waals surface area (Å²) in [5.41, 5.74) is 7.66. The first-order valence-corrected chi connectivity index (χ1v) is 7.23. The van der Waals surface area contributed by atoms with Crippen LogP contribution in [0.2, 0.25) is 0 Å². The van der Waals surface area contributed by atoms with Crippen LogP contribution in [0.4, 0.5) is 0 Å². The van der Waals surface area contributed by atoms with Gasteiger partial charge in [0.2, 0.25) is 0 Å². The molecule has 1 heterocycles. The van der Waals surface area contributed by atoms with E-state index in [1.54, 1.807) is 0 Å². The minimum atomic E-state index is -1.82. The maximum Gasteiger partial charge on any atom is 0.414 e. The van der Waals surface area contributed by atoms with Crippen molar-refractivity contribution in [3.63, 3.8) is 0 Å². The Hall–Kier alpha value is -1.96. The van der Waals surface area contributed by atoms with E-state index >= 15 is 0 Å². The van der Waals surface area contributed by atoms with Gasteiger partial charge in [-0.1, -0.05) is 30.3 Å². The quantitative estimate of drug-likeness (QED) is 0.685. The summed E-state index contributed by atoms with van der Waals surface area (Å²) >= 11 is 0. The van der Waals surface area contributed by atoms with Gasteiger partial charge in [0.1, 0.15) is 0 Å². The molecule has 1 atom stereocenters. The van der Waals surface area contributed by atoms with Gasteiger partial charge in [0.05, 0.1) is 0 Å². The third-order valence-electron chi connectivity index (χ3n) is 3.79. The highest BCUT2D eigenvalue weighted by atomic mass is 16.4. The molecule has 2 rings (SSSR count). The Morgan fingerprint density at radius 1 is 1.22 bits per heavy atom. The van der Waals surface area contributed by atoms with Gasteiger partial charge in [-0.3, -0.25) is 4.90 Å². The Morgan fingerprint density at radius 3 is 2.17 bits per heavy atom. The van der Waals surface area contributed by atoms with E-state index in [2.05, 4.69) is 49.1 Å². The summed E-state index contributed by atoms with van der Waals surface area (Å²) in [6, 6.07) is 11.1. The van der Waals surface area contributed by atoms with Crippen molar-refractivity contribution >= 4 is 11.9 Å². The Morgan fingerprint density at radius 2 is 1.74 bits per heavy atom. The van der Waals surface area contributed by atoms with Gasteiger partial charge in [-0.25, -0.2) is 9.59 Å². The average molecular weight is 326 g/mol. The number of carboxylic acids is 2. The van der Waals surface area contributed by atoms with Crippen LogP contribution in [0.25, 0.3) is 0 Å². The first kappa shape index (κ1) is 21.0. The minimum Gasteiger partial charge on any atom is -0.473 e. The van der Waals surface area contributed by atoms with Crippen LogP contribution >= 0.6 is 0 Å². The predicted molar refractivity (Wildman–Crippen MR) is 87.0 cm³/mol. The lowest BCUT2D eigenvalue weighted by Gasteiger charge is -2.45. The molecule has 1 fully saturated rings. The van der Waals surface area contributed by atoms with Crippen molar-refractivity contribution in [2.75, 3.05) is 6.54 Å². The number of benzene rings is 1. The number of rotatable bonds is 2. The molecule has 1 aromatic carbocycles.